The van der Waals surface area contributed by atoms with Gasteiger partial charge in [-0.15, -0.1) is 0 Å². The van der Waals surface area contributed by atoms with E-state index in [0.717, 1.165) is 64.5 Å². The predicted molar refractivity (Wildman–Crippen MR) is 144 cm³/mol. The monoisotopic (exact) mass is 476 g/mol. The van der Waals surface area contributed by atoms with Gasteiger partial charge in [-0.3, -0.25) is 4.79 Å². The van der Waals surface area contributed by atoms with Gasteiger partial charge in [-0.05, 0) is 54.7 Å². The van der Waals surface area contributed by atoms with E-state index in [4.69, 9.17) is 9.40 Å². The van der Waals surface area contributed by atoms with Crippen LogP contribution in [0.1, 0.15) is 18.7 Å². The van der Waals surface area contributed by atoms with Crippen molar-refractivity contribution in [3.63, 3.8) is 0 Å². The van der Waals surface area contributed by atoms with Gasteiger partial charge in [0.05, 0.1) is 0 Å². The van der Waals surface area contributed by atoms with Crippen LogP contribution in [0.15, 0.2) is 83.3 Å². The maximum absolute atomic E-state index is 13.1. The van der Waals surface area contributed by atoms with Gasteiger partial charge in [0.1, 0.15) is 16.9 Å². The normalized spacial score (nSPS) is 15.6. The molecule has 1 fully saturated rings. The SMILES string of the molecule is Cc1nc(N2CC[C@H](CC(=O)N(C)c3ccc(-c4ccccc4)cc3)C2)c2oc3ccccc3c2n1. The zero-order chi connectivity index (χ0) is 24.6. The van der Waals surface area contributed by atoms with Crippen molar-refractivity contribution in [1.82, 2.24) is 9.97 Å². The summed E-state index contributed by atoms with van der Waals surface area (Å²) in [7, 11) is 1.86. The molecule has 0 aliphatic carbocycles. The minimum Gasteiger partial charge on any atom is -0.450 e. The molecule has 0 saturated carbocycles. The van der Waals surface area contributed by atoms with Crippen LogP contribution in [0, 0.1) is 12.8 Å². The highest BCUT2D eigenvalue weighted by molar-refractivity contribution is 6.05. The lowest BCUT2D eigenvalue weighted by molar-refractivity contribution is -0.119. The van der Waals surface area contributed by atoms with Crippen molar-refractivity contribution >= 4 is 39.5 Å². The van der Waals surface area contributed by atoms with Crippen LogP contribution in [0.2, 0.25) is 0 Å². The molecule has 1 aliphatic heterocycles. The number of furan rings is 1. The van der Waals surface area contributed by atoms with Gasteiger partial charge < -0.3 is 14.2 Å². The maximum atomic E-state index is 13.1. The van der Waals surface area contributed by atoms with Crippen molar-refractivity contribution in [1.29, 1.82) is 0 Å². The van der Waals surface area contributed by atoms with Crippen LogP contribution >= 0.6 is 0 Å². The Kier molecular flexibility index (Phi) is 5.64. The number of para-hydroxylation sites is 1. The number of carbonyl (C=O) groups is 1. The molecular formula is C30H28N4O2. The fourth-order valence-electron chi connectivity index (χ4n) is 5.13. The summed E-state index contributed by atoms with van der Waals surface area (Å²) in [6.45, 7) is 3.53. The number of fused-ring (bicyclic) bond motifs is 3. The molecule has 1 amide bonds. The minimum absolute atomic E-state index is 0.127. The van der Waals surface area contributed by atoms with Crippen molar-refractivity contribution in [3.05, 3.63) is 84.7 Å². The topological polar surface area (TPSA) is 62.5 Å². The summed E-state index contributed by atoms with van der Waals surface area (Å²) in [6, 6.07) is 26.4. The average Bonchev–Trinajstić information content (AvgIpc) is 3.53. The van der Waals surface area contributed by atoms with Crippen LogP contribution < -0.4 is 9.80 Å². The number of hydrogen-bond donors (Lipinski definition) is 0. The third-order valence-electron chi connectivity index (χ3n) is 7.10. The quantitative estimate of drug-likeness (QED) is 0.301. The van der Waals surface area contributed by atoms with E-state index in [1.165, 1.54) is 5.56 Å². The zero-order valence-corrected chi connectivity index (χ0v) is 20.5. The van der Waals surface area contributed by atoms with E-state index in [2.05, 4.69) is 34.1 Å². The highest BCUT2D eigenvalue weighted by Crippen LogP contribution is 2.35. The fourth-order valence-corrected chi connectivity index (χ4v) is 5.13. The summed E-state index contributed by atoms with van der Waals surface area (Å²) < 4.78 is 6.16. The Morgan fingerprint density at radius 2 is 1.69 bits per heavy atom. The number of benzene rings is 3. The third kappa shape index (κ3) is 4.09. The Balaban J connectivity index is 1.16. The van der Waals surface area contributed by atoms with Crippen LogP contribution in [0.3, 0.4) is 0 Å². The van der Waals surface area contributed by atoms with Gasteiger partial charge in [-0.1, -0.05) is 54.6 Å². The first-order chi connectivity index (χ1) is 17.6. The van der Waals surface area contributed by atoms with E-state index < -0.39 is 0 Å². The fraction of sp³-hybridized carbons (Fsp3) is 0.233. The Labute approximate surface area is 210 Å². The number of amides is 1. The molecule has 2 aromatic heterocycles. The number of carbonyl (C=O) groups excluding carboxylic acids is 1. The molecule has 3 aromatic carbocycles. The molecule has 180 valence electrons. The number of aryl methyl sites for hydroxylation is 1. The first-order valence-electron chi connectivity index (χ1n) is 12.4. The maximum Gasteiger partial charge on any atom is 0.227 e. The van der Waals surface area contributed by atoms with Crippen molar-refractivity contribution in [2.75, 3.05) is 29.9 Å². The predicted octanol–water partition coefficient (Wildman–Crippen LogP) is 6.23. The second-order valence-corrected chi connectivity index (χ2v) is 9.54. The molecule has 0 radical (unpaired) electrons. The second-order valence-electron chi connectivity index (χ2n) is 9.54. The van der Waals surface area contributed by atoms with Crippen LogP contribution in [0.4, 0.5) is 11.5 Å². The Morgan fingerprint density at radius 1 is 0.972 bits per heavy atom. The molecule has 0 bridgehead atoms. The van der Waals surface area contributed by atoms with Crippen LogP contribution in [0.25, 0.3) is 33.2 Å². The molecule has 1 saturated heterocycles. The number of anilines is 2. The van der Waals surface area contributed by atoms with Crippen molar-refractivity contribution < 1.29 is 9.21 Å². The van der Waals surface area contributed by atoms with E-state index in [1.807, 2.05) is 68.6 Å². The van der Waals surface area contributed by atoms with E-state index in [-0.39, 0.29) is 11.8 Å². The van der Waals surface area contributed by atoms with Crippen molar-refractivity contribution in [3.8, 4) is 11.1 Å². The molecule has 6 nitrogen and oxygen atoms in total. The van der Waals surface area contributed by atoms with Crippen LogP contribution in [0.5, 0.6) is 0 Å². The molecule has 1 aliphatic rings. The van der Waals surface area contributed by atoms with Gasteiger partial charge in [0.25, 0.3) is 0 Å². The lowest BCUT2D eigenvalue weighted by Gasteiger charge is -2.21. The largest absolute Gasteiger partial charge is 0.450 e. The van der Waals surface area contributed by atoms with Crippen LogP contribution in [-0.4, -0.2) is 36.0 Å². The molecule has 6 heteroatoms. The van der Waals surface area contributed by atoms with E-state index in [0.29, 0.717) is 6.42 Å². The summed E-state index contributed by atoms with van der Waals surface area (Å²) in [5, 5.41) is 1.00. The van der Waals surface area contributed by atoms with Gasteiger partial charge in [-0.25, -0.2) is 9.97 Å². The van der Waals surface area contributed by atoms with Crippen molar-refractivity contribution in [2.45, 2.75) is 19.8 Å². The molecule has 0 unspecified atom stereocenters. The smallest absolute Gasteiger partial charge is 0.227 e. The number of nitrogens with zero attached hydrogens (tertiary/aromatic N) is 4. The summed E-state index contributed by atoms with van der Waals surface area (Å²) in [5.74, 6) is 1.94. The third-order valence-corrected chi connectivity index (χ3v) is 7.10. The van der Waals surface area contributed by atoms with E-state index in [1.54, 1.807) is 4.90 Å². The Hall–Kier alpha value is -4.19. The first-order valence-corrected chi connectivity index (χ1v) is 12.4. The molecule has 0 N–H and O–H groups in total. The Morgan fingerprint density at radius 3 is 2.50 bits per heavy atom. The summed E-state index contributed by atoms with van der Waals surface area (Å²) >= 11 is 0. The van der Waals surface area contributed by atoms with Crippen molar-refractivity contribution in [2.24, 2.45) is 5.92 Å². The van der Waals surface area contributed by atoms with Gasteiger partial charge in [0, 0.05) is 37.6 Å². The van der Waals surface area contributed by atoms with Crippen LogP contribution in [-0.2, 0) is 4.79 Å². The molecule has 1 atom stereocenters. The highest BCUT2D eigenvalue weighted by atomic mass is 16.3. The lowest BCUT2D eigenvalue weighted by Crippen LogP contribution is -2.29. The van der Waals surface area contributed by atoms with E-state index in [9.17, 15) is 4.79 Å². The molecule has 36 heavy (non-hydrogen) atoms. The number of hydrogen-bond acceptors (Lipinski definition) is 5. The summed E-state index contributed by atoms with van der Waals surface area (Å²) in [4.78, 5) is 26.5. The summed E-state index contributed by atoms with van der Waals surface area (Å²) in [6.07, 6.45) is 1.44. The number of aromatic nitrogens is 2. The molecular weight excluding hydrogens is 448 g/mol. The standard InChI is InChI=1S/C30H28N4O2/c1-20-31-28-25-10-6-7-11-26(25)36-29(28)30(32-20)34-17-16-21(19-34)18-27(35)33(2)24-14-12-23(13-15-24)22-8-4-3-5-9-22/h3-15,21H,16-19H2,1-2H3/t21-/m1/s1. The second kappa shape index (κ2) is 9.11. The van der Waals surface area contributed by atoms with Gasteiger partial charge >= 0.3 is 0 Å². The molecule has 0 spiro atoms. The average molecular weight is 477 g/mol. The van der Waals surface area contributed by atoms with Gasteiger partial charge in [0.15, 0.2) is 11.4 Å². The Bertz CT molecular complexity index is 1540. The molecule has 3 heterocycles. The zero-order valence-electron chi connectivity index (χ0n) is 20.5. The van der Waals surface area contributed by atoms with Gasteiger partial charge in [0.2, 0.25) is 5.91 Å². The highest BCUT2D eigenvalue weighted by Gasteiger charge is 2.29. The van der Waals surface area contributed by atoms with E-state index >= 15 is 0 Å². The summed E-state index contributed by atoms with van der Waals surface area (Å²) in [5.41, 5.74) is 5.62. The molecule has 5 aromatic rings. The first kappa shape index (κ1) is 22.3. The minimum atomic E-state index is 0.127. The number of rotatable bonds is 5. The molecule has 6 rings (SSSR count). The lowest BCUT2D eigenvalue weighted by atomic mass is 10.0. The van der Waals surface area contributed by atoms with Gasteiger partial charge in [-0.2, -0.15) is 0 Å².